The Morgan fingerprint density at radius 1 is 1.24 bits per heavy atom. The van der Waals surface area contributed by atoms with Gasteiger partial charge in [-0.15, -0.1) is 0 Å². The van der Waals surface area contributed by atoms with Gasteiger partial charge in [0.2, 0.25) is 0 Å². The first-order valence-electron chi connectivity index (χ1n) is 7.02. The molecular formula is C14H29NO2. The highest BCUT2D eigenvalue weighted by Crippen LogP contribution is 2.12. The molecule has 1 unspecified atom stereocenters. The normalized spacial score (nSPS) is 21.7. The average Bonchev–Trinajstić information content (AvgIpc) is 2.28. The van der Waals surface area contributed by atoms with Crippen molar-refractivity contribution in [2.45, 2.75) is 64.5 Å². The van der Waals surface area contributed by atoms with Gasteiger partial charge in [-0.3, -0.25) is 0 Å². The van der Waals surface area contributed by atoms with Crippen LogP contribution in [0.25, 0.3) is 0 Å². The summed E-state index contributed by atoms with van der Waals surface area (Å²) < 4.78 is 11.3. The Morgan fingerprint density at radius 2 is 2.06 bits per heavy atom. The van der Waals surface area contributed by atoms with Crippen LogP contribution in [0.4, 0.5) is 0 Å². The molecule has 1 rings (SSSR count). The van der Waals surface area contributed by atoms with Gasteiger partial charge < -0.3 is 14.8 Å². The molecule has 0 aromatic rings. The quantitative estimate of drug-likeness (QED) is 0.697. The van der Waals surface area contributed by atoms with Gasteiger partial charge in [-0.1, -0.05) is 0 Å². The molecule has 0 aliphatic carbocycles. The second kappa shape index (κ2) is 8.06. The fourth-order valence-electron chi connectivity index (χ4n) is 1.95. The first-order chi connectivity index (χ1) is 8.08. The van der Waals surface area contributed by atoms with E-state index in [9.17, 15) is 0 Å². The Labute approximate surface area is 106 Å². The van der Waals surface area contributed by atoms with Crippen molar-refractivity contribution in [1.82, 2.24) is 5.32 Å². The summed E-state index contributed by atoms with van der Waals surface area (Å²) in [5.41, 5.74) is 0.233. The molecule has 1 atom stereocenters. The standard InChI is InChI=1S/C14H29NO2/c1-14(2,3)15-9-5-7-10-16-12-13-8-4-6-11-17-13/h13,15H,4-12H2,1-3H3. The number of hydrogen-bond donors (Lipinski definition) is 1. The molecule has 1 heterocycles. The zero-order valence-electron chi connectivity index (χ0n) is 11.8. The number of rotatable bonds is 7. The van der Waals surface area contributed by atoms with Gasteiger partial charge in [-0.25, -0.2) is 0 Å². The summed E-state index contributed by atoms with van der Waals surface area (Å²) in [4.78, 5) is 0. The smallest absolute Gasteiger partial charge is 0.0808 e. The van der Waals surface area contributed by atoms with Crippen LogP contribution in [0.2, 0.25) is 0 Å². The van der Waals surface area contributed by atoms with Gasteiger partial charge in [0.05, 0.1) is 12.7 Å². The molecule has 0 radical (unpaired) electrons. The van der Waals surface area contributed by atoms with Crippen molar-refractivity contribution in [2.75, 3.05) is 26.4 Å². The topological polar surface area (TPSA) is 30.5 Å². The molecule has 17 heavy (non-hydrogen) atoms. The van der Waals surface area contributed by atoms with E-state index in [1.54, 1.807) is 0 Å². The largest absolute Gasteiger partial charge is 0.379 e. The lowest BCUT2D eigenvalue weighted by Crippen LogP contribution is -2.36. The predicted molar refractivity (Wildman–Crippen MR) is 71.4 cm³/mol. The first-order valence-corrected chi connectivity index (χ1v) is 7.02. The summed E-state index contributed by atoms with van der Waals surface area (Å²) in [6.07, 6.45) is 6.36. The van der Waals surface area contributed by atoms with Crippen molar-refractivity contribution in [3.05, 3.63) is 0 Å². The van der Waals surface area contributed by atoms with Crippen LogP contribution in [0.3, 0.4) is 0 Å². The number of hydrogen-bond acceptors (Lipinski definition) is 3. The Bertz CT molecular complexity index is 183. The highest BCUT2D eigenvalue weighted by atomic mass is 16.5. The van der Waals surface area contributed by atoms with Gasteiger partial charge in [0.15, 0.2) is 0 Å². The van der Waals surface area contributed by atoms with Gasteiger partial charge >= 0.3 is 0 Å². The zero-order valence-corrected chi connectivity index (χ0v) is 11.8. The van der Waals surface area contributed by atoms with Crippen LogP contribution in [-0.2, 0) is 9.47 Å². The van der Waals surface area contributed by atoms with E-state index in [0.717, 1.165) is 32.8 Å². The van der Waals surface area contributed by atoms with E-state index in [1.165, 1.54) is 25.7 Å². The average molecular weight is 243 g/mol. The van der Waals surface area contributed by atoms with Crippen molar-refractivity contribution in [3.63, 3.8) is 0 Å². The summed E-state index contributed by atoms with van der Waals surface area (Å²) in [6, 6.07) is 0. The van der Waals surface area contributed by atoms with Gasteiger partial charge in [0.1, 0.15) is 0 Å². The molecule has 1 saturated heterocycles. The van der Waals surface area contributed by atoms with Crippen LogP contribution < -0.4 is 5.32 Å². The third-order valence-electron chi connectivity index (χ3n) is 2.95. The van der Waals surface area contributed by atoms with Crippen molar-refractivity contribution < 1.29 is 9.47 Å². The van der Waals surface area contributed by atoms with Crippen LogP contribution in [0, 0.1) is 0 Å². The molecule has 0 saturated carbocycles. The van der Waals surface area contributed by atoms with Crippen LogP contribution in [0.1, 0.15) is 52.9 Å². The van der Waals surface area contributed by atoms with Crippen molar-refractivity contribution in [3.8, 4) is 0 Å². The maximum atomic E-state index is 5.65. The van der Waals surface area contributed by atoms with Crippen molar-refractivity contribution in [2.24, 2.45) is 0 Å². The summed E-state index contributed by atoms with van der Waals surface area (Å²) in [5, 5.41) is 3.48. The van der Waals surface area contributed by atoms with Gasteiger partial charge in [0.25, 0.3) is 0 Å². The van der Waals surface area contributed by atoms with Crippen molar-refractivity contribution in [1.29, 1.82) is 0 Å². The van der Waals surface area contributed by atoms with Gasteiger partial charge in [-0.2, -0.15) is 0 Å². The minimum atomic E-state index is 0.233. The summed E-state index contributed by atoms with van der Waals surface area (Å²) in [7, 11) is 0. The fraction of sp³-hybridized carbons (Fsp3) is 1.00. The highest BCUT2D eigenvalue weighted by Gasteiger charge is 2.13. The first kappa shape index (κ1) is 14.9. The highest BCUT2D eigenvalue weighted by molar-refractivity contribution is 4.69. The lowest BCUT2D eigenvalue weighted by Gasteiger charge is -2.22. The molecule has 1 N–H and O–H groups in total. The maximum absolute atomic E-state index is 5.65. The molecule has 1 aliphatic rings. The molecule has 0 spiro atoms. The van der Waals surface area contributed by atoms with E-state index in [4.69, 9.17) is 9.47 Å². The number of unbranched alkanes of at least 4 members (excludes halogenated alkanes) is 1. The third-order valence-corrected chi connectivity index (χ3v) is 2.95. The molecule has 3 heteroatoms. The molecule has 0 bridgehead atoms. The van der Waals surface area contributed by atoms with E-state index in [1.807, 2.05) is 0 Å². The van der Waals surface area contributed by atoms with Gasteiger partial charge in [0, 0.05) is 18.8 Å². The molecule has 0 aromatic carbocycles. The van der Waals surface area contributed by atoms with Crippen LogP contribution in [0.15, 0.2) is 0 Å². The summed E-state index contributed by atoms with van der Waals surface area (Å²) >= 11 is 0. The van der Waals surface area contributed by atoms with E-state index in [-0.39, 0.29) is 5.54 Å². The summed E-state index contributed by atoms with van der Waals surface area (Å²) in [5.74, 6) is 0. The Hall–Kier alpha value is -0.120. The van der Waals surface area contributed by atoms with Crippen LogP contribution in [0.5, 0.6) is 0 Å². The Kier molecular flexibility index (Phi) is 7.09. The van der Waals surface area contributed by atoms with E-state index in [2.05, 4.69) is 26.1 Å². The van der Waals surface area contributed by atoms with Crippen LogP contribution in [-0.4, -0.2) is 38.0 Å². The minimum Gasteiger partial charge on any atom is -0.379 e. The van der Waals surface area contributed by atoms with Crippen molar-refractivity contribution >= 4 is 0 Å². The molecule has 102 valence electrons. The van der Waals surface area contributed by atoms with Gasteiger partial charge in [-0.05, 0) is 59.4 Å². The Balaban J connectivity index is 1.84. The lowest BCUT2D eigenvalue weighted by molar-refractivity contribution is -0.0410. The minimum absolute atomic E-state index is 0.233. The monoisotopic (exact) mass is 243 g/mol. The zero-order chi connectivity index (χ0) is 12.6. The molecule has 3 nitrogen and oxygen atoms in total. The Morgan fingerprint density at radius 3 is 2.71 bits per heavy atom. The number of nitrogens with one attached hydrogen (secondary N) is 1. The summed E-state index contributed by atoms with van der Waals surface area (Å²) in [6.45, 7) is 10.2. The number of ether oxygens (including phenoxy) is 2. The van der Waals surface area contributed by atoms with E-state index in [0.29, 0.717) is 6.10 Å². The molecule has 0 aromatic heterocycles. The second-order valence-corrected chi connectivity index (χ2v) is 5.95. The maximum Gasteiger partial charge on any atom is 0.0808 e. The molecule has 0 amide bonds. The molecule has 1 aliphatic heterocycles. The predicted octanol–water partition coefficient (Wildman–Crippen LogP) is 2.74. The molecular weight excluding hydrogens is 214 g/mol. The van der Waals surface area contributed by atoms with Crippen LogP contribution >= 0.6 is 0 Å². The third kappa shape index (κ3) is 8.58. The lowest BCUT2D eigenvalue weighted by atomic mass is 10.1. The molecule has 1 fully saturated rings. The fourth-order valence-corrected chi connectivity index (χ4v) is 1.95. The SMILES string of the molecule is CC(C)(C)NCCCCOCC1CCCCO1. The second-order valence-electron chi connectivity index (χ2n) is 5.95. The van der Waals surface area contributed by atoms with E-state index >= 15 is 0 Å². The van der Waals surface area contributed by atoms with E-state index < -0.39 is 0 Å².